The first-order valence-corrected chi connectivity index (χ1v) is 6.23. The normalized spacial score (nSPS) is 16.5. The topological polar surface area (TPSA) is 32.3 Å². The molecular weight excluding hydrogens is 217 g/mol. The first kappa shape index (κ1) is 14.1. The fraction of sp³-hybridized carbons (Fsp3) is 0.571. The van der Waals surface area contributed by atoms with Crippen molar-refractivity contribution in [1.29, 1.82) is 0 Å². The van der Waals surface area contributed by atoms with E-state index < -0.39 is 5.54 Å². The van der Waals surface area contributed by atoms with Crippen LogP contribution in [0.2, 0.25) is 0 Å². The van der Waals surface area contributed by atoms with Crippen molar-refractivity contribution in [2.75, 3.05) is 6.61 Å². The average molecular weight is 239 g/mol. The summed E-state index contributed by atoms with van der Waals surface area (Å²) in [4.78, 5) is 0. The number of hydrogen-bond acceptors (Lipinski definition) is 2. The van der Waals surface area contributed by atoms with Crippen molar-refractivity contribution in [3.8, 4) is 0 Å². The molecule has 0 aliphatic carbocycles. The van der Waals surface area contributed by atoms with Crippen molar-refractivity contribution < 1.29 is 9.50 Å². The SMILES string of the molecule is CCC(C)NC(CC)(CO)c1ccccc1F. The molecule has 2 nitrogen and oxygen atoms in total. The van der Waals surface area contributed by atoms with Crippen LogP contribution in [0.4, 0.5) is 4.39 Å². The minimum absolute atomic E-state index is 0.102. The van der Waals surface area contributed by atoms with Gasteiger partial charge in [-0.15, -0.1) is 0 Å². The number of rotatable bonds is 6. The lowest BCUT2D eigenvalue weighted by atomic mass is 9.86. The van der Waals surface area contributed by atoms with Gasteiger partial charge in [0.1, 0.15) is 5.82 Å². The third-order valence-electron chi connectivity index (χ3n) is 3.40. The standard InChI is InChI=1S/C14H22FNO/c1-4-11(3)16-14(5-2,10-17)12-8-6-7-9-13(12)15/h6-9,11,16-17H,4-5,10H2,1-3H3. The Bertz CT molecular complexity index is 350. The molecule has 0 saturated carbocycles. The van der Waals surface area contributed by atoms with Gasteiger partial charge in [-0.3, -0.25) is 0 Å². The van der Waals surface area contributed by atoms with Crippen LogP contribution in [0.25, 0.3) is 0 Å². The van der Waals surface area contributed by atoms with Crippen molar-refractivity contribution in [3.63, 3.8) is 0 Å². The molecule has 1 aromatic carbocycles. The molecule has 3 heteroatoms. The first-order valence-electron chi connectivity index (χ1n) is 6.23. The van der Waals surface area contributed by atoms with Crippen LogP contribution in [0, 0.1) is 5.82 Å². The Hall–Kier alpha value is -0.930. The van der Waals surface area contributed by atoms with Gasteiger partial charge < -0.3 is 10.4 Å². The summed E-state index contributed by atoms with van der Waals surface area (Å²) in [6.07, 6.45) is 1.59. The van der Waals surface area contributed by atoms with Gasteiger partial charge in [-0.2, -0.15) is 0 Å². The second-order valence-electron chi connectivity index (χ2n) is 4.53. The molecule has 0 amide bonds. The summed E-state index contributed by atoms with van der Waals surface area (Å²) in [5, 5.41) is 13.0. The van der Waals surface area contributed by atoms with E-state index in [0.29, 0.717) is 12.0 Å². The Labute approximate surface area is 103 Å². The first-order chi connectivity index (χ1) is 8.09. The third kappa shape index (κ3) is 3.05. The molecule has 17 heavy (non-hydrogen) atoms. The van der Waals surface area contributed by atoms with Gasteiger partial charge in [0.05, 0.1) is 12.1 Å². The van der Waals surface area contributed by atoms with Gasteiger partial charge in [-0.1, -0.05) is 32.0 Å². The Morgan fingerprint density at radius 2 is 2.00 bits per heavy atom. The molecule has 0 aliphatic heterocycles. The van der Waals surface area contributed by atoms with Crippen LogP contribution >= 0.6 is 0 Å². The van der Waals surface area contributed by atoms with Crippen molar-refractivity contribution in [2.24, 2.45) is 0 Å². The molecule has 2 N–H and O–H groups in total. The molecule has 96 valence electrons. The molecule has 0 fully saturated rings. The zero-order valence-electron chi connectivity index (χ0n) is 10.8. The second kappa shape index (κ2) is 6.12. The van der Waals surface area contributed by atoms with Crippen LogP contribution in [0.3, 0.4) is 0 Å². The van der Waals surface area contributed by atoms with E-state index in [9.17, 15) is 9.50 Å². The fourth-order valence-electron chi connectivity index (χ4n) is 2.04. The summed E-state index contributed by atoms with van der Waals surface area (Å²) in [6, 6.07) is 6.89. The van der Waals surface area contributed by atoms with Crippen molar-refractivity contribution >= 4 is 0 Å². The lowest BCUT2D eigenvalue weighted by molar-refractivity contribution is 0.139. The molecule has 0 saturated heterocycles. The lowest BCUT2D eigenvalue weighted by Crippen LogP contribution is -2.49. The monoisotopic (exact) mass is 239 g/mol. The van der Waals surface area contributed by atoms with E-state index in [1.165, 1.54) is 6.07 Å². The maximum absolute atomic E-state index is 13.9. The van der Waals surface area contributed by atoms with Crippen LogP contribution in [0.15, 0.2) is 24.3 Å². The van der Waals surface area contributed by atoms with Gasteiger partial charge in [-0.25, -0.2) is 4.39 Å². The van der Waals surface area contributed by atoms with Gasteiger partial charge in [0.25, 0.3) is 0 Å². The van der Waals surface area contributed by atoms with Gasteiger partial charge in [0, 0.05) is 11.6 Å². The summed E-state index contributed by atoms with van der Waals surface area (Å²) in [6.45, 7) is 5.96. The Kier molecular flexibility index (Phi) is 5.09. The smallest absolute Gasteiger partial charge is 0.128 e. The van der Waals surface area contributed by atoms with E-state index in [1.807, 2.05) is 13.8 Å². The van der Waals surface area contributed by atoms with Crippen molar-refractivity contribution in [3.05, 3.63) is 35.6 Å². The number of halogens is 1. The van der Waals surface area contributed by atoms with Crippen molar-refractivity contribution in [1.82, 2.24) is 5.32 Å². The number of aliphatic hydroxyl groups excluding tert-OH is 1. The highest BCUT2D eigenvalue weighted by atomic mass is 19.1. The summed E-state index contributed by atoms with van der Waals surface area (Å²) in [5.41, 5.74) is -0.133. The van der Waals surface area contributed by atoms with Crippen LogP contribution in [0.1, 0.15) is 39.2 Å². The van der Waals surface area contributed by atoms with Gasteiger partial charge in [0.2, 0.25) is 0 Å². The summed E-state index contributed by atoms with van der Waals surface area (Å²) in [7, 11) is 0. The average Bonchev–Trinajstić information content (AvgIpc) is 2.36. The van der Waals surface area contributed by atoms with Crippen LogP contribution < -0.4 is 5.32 Å². The van der Waals surface area contributed by atoms with Crippen LogP contribution in [-0.2, 0) is 5.54 Å². The maximum Gasteiger partial charge on any atom is 0.128 e. The minimum Gasteiger partial charge on any atom is -0.394 e. The van der Waals surface area contributed by atoms with E-state index in [1.54, 1.807) is 18.2 Å². The number of benzene rings is 1. The molecule has 2 atom stereocenters. The highest BCUT2D eigenvalue weighted by Gasteiger charge is 2.32. The molecule has 0 radical (unpaired) electrons. The highest BCUT2D eigenvalue weighted by molar-refractivity contribution is 5.26. The van der Waals surface area contributed by atoms with Crippen molar-refractivity contribution in [2.45, 2.75) is 45.2 Å². The van der Waals surface area contributed by atoms with Crippen LogP contribution in [-0.4, -0.2) is 17.8 Å². The van der Waals surface area contributed by atoms with E-state index >= 15 is 0 Å². The second-order valence-corrected chi connectivity index (χ2v) is 4.53. The van der Waals surface area contributed by atoms with E-state index in [0.717, 1.165) is 6.42 Å². The maximum atomic E-state index is 13.9. The zero-order chi connectivity index (χ0) is 12.9. The van der Waals surface area contributed by atoms with Gasteiger partial charge >= 0.3 is 0 Å². The highest BCUT2D eigenvalue weighted by Crippen LogP contribution is 2.27. The van der Waals surface area contributed by atoms with Gasteiger partial charge in [-0.05, 0) is 25.8 Å². The van der Waals surface area contributed by atoms with E-state index in [2.05, 4.69) is 12.2 Å². The zero-order valence-corrected chi connectivity index (χ0v) is 10.8. The Morgan fingerprint density at radius 1 is 1.35 bits per heavy atom. The molecule has 0 aliphatic rings. The lowest BCUT2D eigenvalue weighted by Gasteiger charge is -2.35. The summed E-state index contributed by atoms with van der Waals surface area (Å²) < 4.78 is 13.9. The van der Waals surface area contributed by atoms with Gasteiger partial charge in [0.15, 0.2) is 0 Å². The minimum atomic E-state index is -0.680. The molecular formula is C14H22FNO. The largest absolute Gasteiger partial charge is 0.394 e. The summed E-state index contributed by atoms with van der Waals surface area (Å²) in [5.74, 6) is -0.265. The predicted molar refractivity (Wildman–Crippen MR) is 68.3 cm³/mol. The predicted octanol–water partition coefficient (Wildman–Crippen LogP) is 2.81. The number of nitrogens with one attached hydrogen (secondary N) is 1. The third-order valence-corrected chi connectivity index (χ3v) is 3.40. The molecule has 0 heterocycles. The number of hydrogen-bond donors (Lipinski definition) is 2. The van der Waals surface area contributed by atoms with E-state index in [-0.39, 0.29) is 18.5 Å². The molecule has 1 aromatic rings. The quantitative estimate of drug-likeness (QED) is 0.800. The fourth-order valence-corrected chi connectivity index (χ4v) is 2.04. The molecule has 0 bridgehead atoms. The molecule has 0 spiro atoms. The molecule has 2 unspecified atom stereocenters. The number of aliphatic hydroxyl groups is 1. The Balaban J connectivity index is 3.11. The van der Waals surface area contributed by atoms with Crippen LogP contribution in [0.5, 0.6) is 0 Å². The van der Waals surface area contributed by atoms with E-state index in [4.69, 9.17) is 0 Å². The molecule has 1 rings (SSSR count). The molecule has 0 aromatic heterocycles. The Morgan fingerprint density at radius 3 is 2.47 bits per heavy atom. The summed E-state index contributed by atoms with van der Waals surface area (Å²) >= 11 is 0.